The molecule has 5 nitrogen and oxygen atoms in total. The topological polar surface area (TPSA) is 66.8 Å². The van der Waals surface area contributed by atoms with Gasteiger partial charge in [-0.2, -0.15) is 0 Å². The summed E-state index contributed by atoms with van der Waals surface area (Å²) in [5.41, 5.74) is 0.836. The molecule has 20 heavy (non-hydrogen) atoms. The number of likely N-dealkylation sites (tertiary alicyclic amines) is 1. The average molecular weight is 342 g/mol. The summed E-state index contributed by atoms with van der Waals surface area (Å²) in [6.45, 7) is 0.430. The maximum atomic E-state index is 11.9. The fraction of sp³-hybridized carbons (Fsp3) is 0.429. The Hall–Kier alpha value is -1.56. The van der Waals surface area contributed by atoms with Crippen molar-refractivity contribution >= 4 is 27.8 Å². The maximum Gasteiger partial charge on any atom is 0.326 e. The number of carbonyl (C=O) groups is 2. The van der Waals surface area contributed by atoms with Crippen molar-refractivity contribution in [2.24, 2.45) is 0 Å². The van der Waals surface area contributed by atoms with Gasteiger partial charge in [-0.15, -0.1) is 0 Å². The van der Waals surface area contributed by atoms with Gasteiger partial charge in [0.05, 0.1) is 7.11 Å². The highest BCUT2D eigenvalue weighted by Gasteiger charge is 2.36. The Morgan fingerprint density at radius 2 is 2.35 bits per heavy atom. The van der Waals surface area contributed by atoms with Gasteiger partial charge in [0.15, 0.2) is 0 Å². The van der Waals surface area contributed by atoms with Crippen LogP contribution in [0.2, 0.25) is 0 Å². The van der Waals surface area contributed by atoms with Crippen LogP contribution in [0.3, 0.4) is 0 Å². The first-order valence-corrected chi connectivity index (χ1v) is 7.22. The summed E-state index contributed by atoms with van der Waals surface area (Å²) in [7, 11) is 1.56. The summed E-state index contributed by atoms with van der Waals surface area (Å²) < 4.78 is 5.13. The zero-order valence-electron chi connectivity index (χ0n) is 11.1. The average Bonchev–Trinajstić information content (AvgIpc) is 2.74. The summed E-state index contributed by atoms with van der Waals surface area (Å²) in [6, 6.07) is 6.41. The predicted octanol–water partition coefficient (Wildman–Crippen LogP) is 1.69. The Kier molecular flexibility index (Phi) is 4.65. The lowest BCUT2D eigenvalue weighted by atomic mass is 10.0. The molecule has 0 aliphatic carbocycles. The number of ether oxygens (including phenoxy) is 1. The Labute approximate surface area is 125 Å². The summed E-state index contributed by atoms with van der Waals surface area (Å²) >= 11 is 3.37. The molecule has 6 heteroatoms. The molecule has 1 N–H and O–H groups in total. The fourth-order valence-corrected chi connectivity index (χ4v) is 2.93. The van der Waals surface area contributed by atoms with Crippen molar-refractivity contribution < 1.29 is 19.4 Å². The van der Waals surface area contributed by atoms with Gasteiger partial charge in [-0.05, 0) is 17.7 Å². The summed E-state index contributed by atoms with van der Waals surface area (Å²) in [6.07, 6.45) is 0.625. The fourth-order valence-electron chi connectivity index (χ4n) is 2.34. The van der Waals surface area contributed by atoms with E-state index in [1.165, 1.54) is 4.90 Å². The van der Waals surface area contributed by atoms with Gasteiger partial charge in [0.2, 0.25) is 5.91 Å². The molecule has 0 bridgehead atoms. The summed E-state index contributed by atoms with van der Waals surface area (Å²) in [4.78, 5) is 24.8. The van der Waals surface area contributed by atoms with Crippen molar-refractivity contribution in [1.82, 2.24) is 4.90 Å². The van der Waals surface area contributed by atoms with Gasteiger partial charge < -0.3 is 14.7 Å². The third-order valence-corrected chi connectivity index (χ3v) is 3.95. The molecule has 0 aromatic heterocycles. The second-order valence-electron chi connectivity index (χ2n) is 4.76. The molecule has 1 aliphatic heterocycles. The first kappa shape index (κ1) is 14.8. The molecule has 1 heterocycles. The quantitative estimate of drug-likeness (QED) is 0.827. The number of alkyl halides is 1. The van der Waals surface area contributed by atoms with Crippen LogP contribution in [0.4, 0.5) is 0 Å². The lowest BCUT2D eigenvalue weighted by molar-refractivity contribution is -0.148. The van der Waals surface area contributed by atoms with E-state index in [0.29, 0.717) is 18.7 Å². The molecule has 2 rings (SSSR count). The van der Waals surface area contributed by atoms with E-state index in [-0.39, 0.29) is 17.2 Å². The zero-order valence-corrected chi connectivity index (χ0v) is 12.7. The minimum atomic E-state index is -0.984. The number of amides is 1. The van der Waals surface area contributed by atoms with Crippen LogP contribution < -0.4 is 4.74 Å². The van der Waals surface area contributed by atoms with Crippen LogP contribution in [0, 0.1) is 0 Å². The minimum Gasteiger partial charge on any atom is -0.497 e. The second-order valence-corrected chi connectivity index (χ2v) is 6.05. The van der Waals surface area contributed by atoms with E-state index >= 15 is 0 Å². The van der Waals surface area contributed by atoms with E-state index in [4.69, 9.17) is 4.74 Å². The summed E-state index contributed by atoms with van der Waals surface area (Å²) in [5.74, 6) is -0.428. The lowest BCUT2D eigenvalue weighted by Crippen LogP contribution is -2.43. The van der Waals surface area contributed by atoms with Crippen LogP contribution in [0.25, 0.3) is 0 Å². The normalized spacial score (nSPS) is 20.0. The Morgan fingerprint density at radius 3 is 2.90 bits per heavy atom. The number of carboxylic acid groups (broad SMARTS) is 1. The molecule has 1 saturated heterocycles. The van der Waals surface area contributed by atoms with Gasteiger partial charge >= 0.3 is 5.97 Å². The van der Waals surface area contributed by atoms with Gasteiger partial charge in [0.25, 0.3) is 0 Å². The third-order valence-electron chi connectivity index (χ3n) is 3.34. The van der Waals surface area contributed by atoms with Gasteiger partial charge in [-0.3, -0.25) is 4.79 Å². The van der Waals surface area contributed by atoms with Crippen LogP contribution in [-0.2, 0) is 16.0 Å². The van der Waals surface area contributed by atoms with Gasteiger partial charge in [-0.1, -0.05) is 28.1 Å². The molecule has 2 atom stereocenters. The van der Waals surface area contributed by atoms with Crippen LogP contribution in [0.1, 0.15) is 12.0 Å². The van der Waals surface area contributed by atoms with Crippen LogP contribution in [0.5, 0.6) is 5.75 Å². The van der Waals surface area contributed by atoms with Crippen molar-refractivity contribution in [3.8, 4) is 5.75 Å². The first-order valence-electron chi connectivity index (χ1n) is 6.30. The SMILES string of the molecule is COc1cccc(CC(C(=O)O)N2CC(Br)CC2=O)c1. The Balaban J connectivity index is 2.17. The molecular formula is C14H16BrNO4. The number of hydrogen-bond acceptors (Lipinski definition) is 3. The van der Waals surface area contributed by atoms with E-state index in [9.17, 15) is 14.7 Å². The highest BCUT2D eigenvalue weighted by atomic mass is 79.9. The maximum absolute atomic E-state index is 11.9. The van der Waals surface area contributed by atoms with Crippen LogP contribution >= 0.6 is 15.9 Å². The lowest BCUT2D eigenvalue weighted by Gasteiger charge is -2.24. The number of carbonyl (C=O) groups excluding carboxylic acids is 1. The first-order chi connectivity index (χ1) is 9.51. The number of halogens is 1. The molecule has 0 radical (unpaired) electrons. The molecule has 1 fully saturated rings. The zero-order chi connectivity index (χ0) is 14.7. The highest BCUT2D eigenvalue weighted by molar-refractivity contribution is 9.09. The molecule has 1 aromatic carbocycles. The van der Waals surface area contributed by atoms with Crippen molar-refractivity contribution in [3.05, 3.63) is 29.8 Å². The van der Waals surface area contributed by atoms with E-state index in [0.717, 1.165) is 5.56 Å². The molecule has 2 unspecified atom stereocenters. The summed E-state index contributed by atoms with van der Waals surface area (Å²) in [5, 5.41) is 9.39. The minimum absolute atomic E-state index is 0.0298. The number of rotatable bonds is 5. The van der Waals surface area contributed by atoms with Crippen molar-refractivity contribution in [3.63, 3.8) is 0 Å². The molecule has 0 saturated carbocycles. The van der Waals surface area contributed by atoms with Crippen LogP contribution in [-0.4, -0.2) is 46.4 Å². The Morgan fingerprint density at radius 1 is 1.60 bits per heavy atom. The predicted molar refractivity (Wildman–Crippen MR) is 77.2 cm³/mol. The van der Waals surface area contributed by atoms with Gasteiger partial charge in [0.1, 0.15) is 11.8 Å². The molecule has 1 amide bonds. The van der Waals surface area contributed by atoms with E-state index in [2.05, 4.69) is 15.9 Å². The van der Waals surface area contributed by atoms with Gasteiger partial charge in [0, 0.05) is 24.2 Å². The number of aliphatic carboxylic acids is 1. The molecule has 1 aliphatic rings. The Bertz CT molecular complexity index is 520. The molecule has 108 valence electrons. The number of nitrogens with zero attached hydrogens (tertiary/aromatic N) is 1. The molecular weight excluding hydrogens is 326 g/mol. The monoisotopic (exact) mass is 341 g/mol. The van der Waals surface area contributed by atoms with Crippen LogP contribution in [0.15, 0.2) is 24.3 Å². The van der Waals surface area contributed by atoms with E-state index in [1.54, 1.807) is 19.2 Å². The van der Waals surface area contributed by atoms with E-state index < -0.39 is 12.0 Å². The van der Waals surface area contributed by atoms with Crippen molar-refractivity contribution in [2.75, 3.05) is 13.7 Å². The van der Waals surface area contributed by atoms with Crippen molar-refractivity contribution in [1.29, 1.82) is 0 Å². The molecule has 0 spiro atoms. The van der Waals surface area contributed by atoms with E-state index in [1.807, 2.05) is 12.1 Å². The highest BCUT2D eigenvalue weighted by Crippen LogP contribution is 2.23. The van der Waals surface area contributed by atoms with Crippen molar-refractivity contribution in [2.45, 2.75) is 23.7 Å². The molecule has 1 aromatic rings. The standard InChI is InChI=1S/C14H16BrNO4/c1-20-11-4-2-3-9(5-11)6-12(14(18)19)16-8-10(15)7-13(16)17/h2-5,10,12H,6-8H2,1H3,(H,18,19). The number of benzene rings is 1. The number of methoxy groups -OCH3 is 1. The third kappa shape index (κ3) is 3.30. The number of carboxylic acids is 1. The second kappa shape index (κ2) is 6.26. The largest absolute Gasteiger partial charge is 0.497 e. The smallest absolute Gasteiger partial charge is 0.326 e. The van der Waals surface area contributed by atoms with Gasteiger partial charge in [-0.25, -0.2) is 4.79 Å². The number of hydrogen-bond donors (Lipinski definition) is 1.